The maximum absolute atomic E-state index is 12.0. The van der Waals surface area contributed by atoms with Gasteiger partial charge in [0.25, 0.3) is 0 Å². The fourth-order valence-corrected chi connectivity index (χ4v) is 0.204. The van der Waals surface area contributed by atoms with E-state index in [9.17, 15) is 8.78 Å². The summed E-state index contributed by atoms with van der Waals surface area (Å²) in [6.45, 7) is 6.78. The van der Waals surface area contributed by atoms with Gasteiger partial charge in [0.1, 0.15) is 0 Å². The number of rotatable bonds is 3. The molecular weight excluding hydrogens is 126 g/mol. The maximum atomic E-state index is 12.0. The highest BCUT2D eigenvalue weighted by atomic mass is 19.3. The number of halogens is 2. The third-order valence-electron chi connectivity index (χ3n) is 0.715. The minimum Gasteiger partial charge on any atom is -0.464 e. The van der Waals surface area contributed by atoms with Crippen LogP contribution < -0.4 is 0 Å². The lowest BCUT2D eigenvalue weighted by molar-refractivity contribution is 0.0158. The van der Waals surface area contributed by atoms with Crippen LogP contribution in [0.2, 0.25) is 0 Å². The third-order valence-corrected chi connectivity index (χ3v) is 0.715. The topological polar surface area (TPSA) is 9.23 Å². The molecule has 9 heavy (non-hydrogen) atoms. The fraction of sp³-hybridized carbons (Fsp3) is 0.333. The molecule has 0 atom stereocenters. The summed E-state index contributed by atoms with van der Waals surface area (Å²) in [5, 5.41) is 0. The largest absolute Gasteiger partial charge is 0.464 e. The number of alkyl halides is 2. The zero-order valence-electron chi connectivity index (χ0n) is 5.16. The Bertz CT molecular complexity index is 124. The molecule has 0 aliphatic heterocycles. The van der Waals surface area contributed by atoms with Gasteiger partial charge in [-0.05, 0) is 0 Å². The second-order valence-electron chi connectivity index (χ2n) is 1.60. The lowest BCUT2D eigenvalue weighted by Crippen LogP contribution is -2.13. The van der Waals surface area contributed by atoms with Crippen LogP contribution in [-0.4, -0.2) is 5.92 Å². The summed E-state index contributed by atoms with van der Waals surface area (Å²) in [6.07, 6.45) is 0.916. The average molecular weight is 134 g/mol. The predicted octanol–water partition coefficient (Wildman–Crippen LogP) is 2.32. The van der Waals surface area contributed by atoms with Crippen LogP contribution in [0.25, 0.3) is 0 Å². The van der Waals surface area contributed by atoms with E-state index >= 15 is 0 Å². The van der Waals surface area contributed by atoms with E-state index < -0.39 is 11.7 Å². The summed E-state index contributed by atoms with van der Waals surface area (Å²) in [6, 6.07) is 0. The smallest absolute Gasteiger partial charge is 0.301 e. The third kappa shape index (κ3) is 2.85. The van der Waals surface area contributed by atoms with Crippen molar-refractivity contribution >= 4 is 0 Å². The molecule has 0 unspecified atom stereocenters. The number of hydrogen-bond donors (Lipinski definition) is 0. The SMILES string of the molecule is C=COC(=C)C(C)(F)F. The summed E-state index contributed by atoms with van der Waals surface area (Å²) in [5.74, 6) is -3.56. The summed E-state index contributed by atoms with van der Waals surface area (Å²) in [7, 11) is 0. The van der Waals surface area contributed by atoms with Crippen molar-refractivity contribution < 1.29 is 13.5 Å². The van der Waals surface area contributed by atoms with Crippen molar-refractivity contribution in [2.24, 2.45) is 0 Å². The fourth-order valence-electron chi connectivity index (χ4n) is 0.204. The van der Waals surface area contributed by atoms with Crippen molar-refractivity contribution in [1.29, 1.82) is 0 Å². The summed E-state index contributed by atoms with van der Waals surface area (Å²) in [5.41, 5.74) is 0. The Morgan fingerprint density at radius 2 is 2.11 bits per heavy atom. The molecule has 0 aromatic carbocycles. The van der Waals surface area contributed by atoms with Crippen LogP contribution in [0.1, 0.15) is 6.92 Å². The van der Waals surface area contributed by atoms with Crippen LogP contribution >= 0.6 is 0 Å². The van der Waals surface area contributed by atoms with Crippen molar-refractivity contribution in [2.45, 2.75) is 12.8 Å². The van der Waals surface area contributed by atoms with Gasteiger partial charge in [0.2, 0.25) is 0 Å². The van der Waals surface area contributed by atoms with Gasteiger partial charge in [-0.2, -0.15) is 8.78 Å². The molecular formula is C6H8F2O. The number of hydrogen-bond acceptors (Lipinski definition) is 1. The van der Waals surface area contributed by atoms with Gasteiger partial charge in [0.05, 0.1) is 6.26 Å². The minimum atomic E-state index is -2.98. The molecule has 0 aliphatic rings. The van der Waals surface area contributed by atoms with E-state index in [0.29, 0.717) is 6.92 Å². The van der Waals surface area contributed by atoms with E-state index in [1.165, 1.54) is 0 Å². The zero-order valence-corrected chi connectivity index (χ0v) is 5.16. The zero-order chi connectivity index (χ0) is 7.49. The second kappa shape index (κ2) is 2.62. The Labute approximate surface area is 52.6 Å². The van der Waals surface area contributed by atoms with Gasteiger partial charge >= 0.3 is 5.92 Å². The molecule has 0 bridgehead atoms. The van der Waals surface area contributed by atoms with Gasteiger partial charge in [0.15, 0.2) is 5.76 Å². The van der Waals surface area contributed by atoms with E-state index in [0.717, 1.165) is 6.26 Å². The first-order chi connectivity index (χ1) is 3.98. The van der Waals surface area contributed by atoms with Gasteiger partial charge in [-0.15, -0.1) is 0 Å². The van der Waals surface area contributed by atoms with Crippen molar-refractivity contribution in [2.75, 3.05) is 0 Å². The molecule has 0 radical (unpaired) electrons. The van der Waals surface area contributed by atoms with Crippen LogP contribution in [-0.2, 0) is 4.74 Å². The molecule has 0 fully saturated rings. The first kappa shape index (κ1) is 8.14. The molecule has 3 heteroatoms. The summed E-state index contributed by atoms with van der Waals surface area (Å²) in [4.78, 5) is 0. The van der Waals surface area contributed by atoms with Gasteiger partial charge < -0.3 is 4.74 Å². The van der Waals surface area contributed by atoms with Crippen molar-refractivity contribution in [3.05, 3.63) is 25.2 Å². The first-order valence-electron chi connectivity index (χ1n) is 2.33. The molecule has 0 spiro atoms. The molecule has 0 saturated carbocycles. The van der Waals surface area contributed by atoms with Gasteiger partial charge in [-0.1, -0.05) is 13.2 Å². The van der Waals surface area contributed by atoms with E-state index in [1.54, 1.807) is 0 Å². The lowest BCUT2D eigenvalue weighted by Gasteiger charge is -2.10. The minimum absolute atomic E-state index is 0.586. The monoisotopic (exact) mass is 134 g/mol. The summed E-state index contributed by atoms with van der Waals surface area (Å²) < 4.78 is 28.3. The average Bonchev–Trinajstić information content (AvgIpc) is 1.64. The van der Waals surface area contributed by atoms with E-state index in [-0.39, 0.29) is 0 Å². The van der Waals surface area contributed by atoms with E-state index in [2.05, 4.69) is 17.9 Å². The van der Waals surface area contributed by atoms with Gasteiger partial charge in [0, 0.05) is 6.92 Å². The van der Waals surface area contributed by atoms with Crippen molar-refractivity contribution in [3.63, 3.8) is 0 Å². The highest BCUT2D eigenvalue weighted by Crippen LogP contribution is 2.21. The van der Waals surface area contributed by atoms with Crippen molar-refractivity contribution in [3.8, 4) is 0 Å². The quantitative estimate of drug-likeness (QED) is 0.538. The van der Waals surface area contributed by atoms with Crippen molar-refractivity contribution in [1.82, 2.24) is 0 Å². The normalized spacial score (nSPS) is 10.6. The first-order valence-corrected chi connectivity index (χ1v) is 2.33. The molecule has 0 aliphatic carbocycles. The Hall–Kier alpha value is -0.860. The Morgan fingerprint density at radius 1 is 1.67 bits per heavy atom. The molecule has 0 aromatic rings. The Kier molecular flexibility index (Phi) is 2.37. The molecule has 0 rings (SSSR count). The Morgan fingerprint density at radius 3 is 2.22 bits per heavy atom. The molecule has 52 valence electrons. The van der Waals surface area contributed by atoms with Gasteiger partial charge in [-0.3, -0.25) is 0 Å². The number of ether oxygens (including phenoxy) is 1. The van der Waals surface area contributed by atoms with Crippen LogP contribution in [0.3, 0.4) is 0 Å². The van der Waals surface area contributed by atoms with Crippen LogP contribution in [0, 0.1) is 0 Å². The highest BCUT2D eigenvalue weighted by molar-refractivity contribution is 4.96. The second-order valence-corrected chi connectivity index (χ2v) is 1.60. The predicted molar refractivity (Wildman–Crippen MR) is 31.0 cm³/mol. The standard InChI is InChI=1S/C6H8F2O/c1-4-9-5(2)6(3,7)8/h4H,1-2H2,3H3. The highest BCUT2D eigenvalue weighted by Gasteiger charge is 2.26. The molecule has 0 N–H and O–H groups in total. The molecule has 1 nitrogen and oxygen atoms in total. The number of allylic oxidation sites excluding steroid dienone is 1. The van der Waals surface area contributed by atoms with Gasteiger partial charge in [-0.25, -0.2) is 0 Å². The molecule has 0 heterocycles. The van der Waals surface area contributed by atoms with Crippen LogP contribution in [0.4, 0.5) is 8.78 Å². The summed E-state index contributed by atoms with van der Waals surface area (Å²) >= 11 is 0. The Balaban J connectivity index is 3.88. The molecule has 0 saturated heterocycles. The van der Waals surface area contributed by atoms with E-state index in [4.69, 9.17) is 0 Å². The van der Waals surface area contributed by atoms with Crippen LogP contribution in [0.5, 0.6) is 0 Å². The van der Waals surface area contributed by atoms with Crippen LogP contribution in [0.15, 0.2) is 25.2 Å². The van der Waals surface area contributed by atoms with E-state index in [1.807, 2.05) is 0 Å². The molecule has 0 aromatic heterocycles. The lowest BCUT2D eigenvalue weighted by atomic mass is 10.3. The molecule has 0 amide bonds. The maximum Gasteiger partial charge on any atom is 0.301 e.